The van der Waals surface area contributed by atoms with E-state index in [2.05, 4.69) is 5.32 Å². The highest BCUT2D eigenvalue weighted by Gasteiger charge is 2.51. The van der Waals surface area contributed by atoms with E-state index in [4.69, 9.17) is 9.47 Å². The van der Waals surface area contributed by atoms with Crippen LogP contribution in [0.3, 0.4) is 0 Å². The lowest BCUT2D eigenvalue weighted by molar-refractivity contribution is -0.0166. The van der Waals surface area contributed by atoms with Crippen LogP contribution in [-0.2, 0) is 0 Å². The number of carbonyl (C=O) groups excluding carboxylic acids is 1. The van der Waals surface area contributed by atoms with Crippen molar-refractivity contribution in [1.82, 2.24) is 5.32 Å². The Hall–Kier alpha value is -1.23. The second kappa shape index (κ2) is 4.63. The smallest absolute Gasteiger partial charge is 0.265 e. The van der Waals surface area contributed by atoms with E-state index in [1.54, 1.807) is 0 Å². The molecule has 4 fully saturated rings. The first-order valence-electron chi connectivity index (χ1n) is 8.40. The largest absolute Gasteiger partial charge is 0.485 e. The van der Waals surface area contributed by atoms with Gasteiger partial charge in [0, 0.05) is 10.9 Å². The number of nitrogens with one attached hydrogen (secondary N) is 1. The molecule has 0 unspecified atom stereocenters. The topological polar surface area (TPSA) is 47.6 Å². The highest BCUT2D eigenvalue weighted by atomic mass is 32.1. The van der Waals surface area contributed by atoms with Crippen molar-refractivity contribution >= 4 is 17.2 Å². The Kier molecular flexibility index (Phi) is 2.79. The molecule has 1 aliphatic heterocycles. The Bertz CT molecular complexity index is 588. The first-order chi connectivity index (χ1) is 10.7. The first-order valence-corrected chi connectivity index (χ1v) is 9.28. The third-order valence-corrected chi connectivity index (χ3v) is 6.86. The van der Waals surface area contributed by atoms with Crippen molar-refractivity contribution in [2.75, 3.05) is 13.2 Å². The summed E-state index contributed by atoms with van der Waals surface area (Å²) in [6.45, 7) is 1.10. The van der Waals surface area contributed by atoms with E-state index >= 15 is 0 Å². The van der Waals surface area contributed by atoms with Crippen LogP contribution in [0.15, 0.2) is 5.38 Å². The highest BCUT2D eigenvalue weighted by Crippen LogP contribution is 2.55. The molecule has 4 bridgehead atoms. The van der Waals surface area contributed by atoms with E-state index in [0.717, 1.165) is 23.5 Å². The van der Waals surface area contributed by atoms with Gasteiger partial charge in [0.15, 0.2) is 11.5 Å². The number of ether oxygens (including phenoxy) is 2. The minimum atomic E-state index is 0.0405. The van der Waals surface area contributed by atoms with Crippen LogP contribution >= 0.6 is 11.3 Å². The first kappa shape index (κ1) is 13.2. The standard InChI is InChI=1S/C17H21NO3S/c19-16(15-14-13(9-22-15)20-1-2-21-14)18-17-6-10-3-11(7-17)5-12(4-10)8-17/h9-12H,1-8H2,(H,18,19). The normalized spacial score (nSPS) is 38.1. The molecule has 6 rings (SSSR count). The van der Waals surface area contributed by atoms with Crippen LogP contribution in [0.4, 0.5) is 0 Å². The molecule has 4 aliphatic carbocycles. The average molecular weight is 319 g/mol. The SMILES string of the molecule is O=C(NC12CC3CC(CC(C3)C1)C2)c1scc2c1OCCO2. The Balaban J connectivity index is 1.40. The zero-order chi connectivity index (χ0) is 14.7. The number of rotatable bonds is 2. The van der Waals surface area contributed by atoms with Crippen LogP contribution in [-0.4, -0.2) is 24.7 Å². The third-order valence-electron chi connectivity index (χ3n) is 5.92. The summed E-state index contributed by atoms with van der Waals surface area (Å²) >= 11 is 1.44. The molecule has 5 heteroatoms. The zero-order valence-electron chi connectivity index (χ0n) is 12.6. The third kappa shape index (κ3) is 1.98. The lowest BCUT2D eigenvalue weighted by Crippen LogP contribution is -2.59. The summed E-state index contributed by atoms with van der Waals surface area (Å²) in [5, 5.41) is 5.30. The van der Waals surface area contributed by atoms with Crippen LogP contribution < -0.4 is 14.8 Å². The van der Waals surface area contributed by atoms with E-state index in [9.17, 15) is 4.79 Å². The second-order valence-electron chi connectivity index (χ2n) is 7.61. The van der Waals surface area contributed by atoms with Gasteiger partial charge in [-0.2, -0.15) is 0 Å². The summed E-state index contributed by atoms with van der Waals surface area (Å²) in [5.74, 6) is 3.93. The molecule has 118 valence electrons. The molecular formula is C17H21NO3S. The Labute approximate surface area is 134 Å². The molecule has 0 radical (unpaired) electrons. The summed E-state index contributed by atoms with van der Waals surface area (Å²) in [6.07, 6.45) is 7.70. The summed E-state index contributed by atoms with van der Waals surface area (Å²) < 4.78 is 11.2. The maximum atomic E-state index is 12.8. The fourth-order valence-corrected chi connectivity index (χ4v) is 6.41. The Morgan fingerprint density at radius 1 is 1.09 bits per heavy atom. The predicted octanol–water partition coefficient (Wildman–Crippen LogP) is 3.22. The summed E-state index contributed by atoms with van der Waals surface area (Å²) in [7, 11) is 0. The monoisotopic (exact) mass is 319 g/mol. The number of hydrogen-bond acceptors (Lipinski definition) is 4. The number of carbonyl (C=O) groups is 1. The quantitative estimate of drug-likeness (QED) is 0.910. The molecule has 1 N–H and O–H groups in total. The van der Waals surface area contributed by atoms with Gasteiger partial charge in [-0.05, 0) is 56.3 Å². The van der Waals surface area contributed by atoms with Crippen LogP contribution in [0, 0.1) is 17.8 Å². The molecule has 1 aromatic heterocycles. The molecule has 0 saturated heterocycles. The van der Waals surface area contributed by atoms with E-state index < -0.39 is 0 Å². The molecule has 22 heavy (non-hydrogen) atoms. The van der Waals surface area contributed by atoms with Gasteiger partial charge >= 0.3 is 0 Å². The molecule has 1 amide bonds. The van der Waals surface area contributed by atoms with Crippen molar-refractivity contribution in [3.63, 3.8) is 0 Å². The summed E-state index contributed by atoms with van der Waals surface area (Å²) in [4.78, 5) is 13.5. The van der Waals surface area contributed by atoms with Crippen LogP contribution in [0.25, 0.3) is 0 Å². The highest BCUT2D eigenvalue weighted by molar-refractivity contribution is 7.12. The maximum absolute atomic E-state index is 12.8. The van der Waals surface area contributed by atoms with Gasteiger partial charge in [-0.3, -0.25) is 4.79 Å². The van der Waals surface area contributed by atoms with Crippen molar-refractivity contribution in [2.24, 2.45) is 17.8 Å². The molecule has 2 heterocycles. The van der Waals surface area contributed by atoms with Crippen LogP contribution in [0.5, 0.6) is 11.5 Å². The number of fused-ring (bicyclic) bond motifs is 1. The van der Waals surface area contributed by atoms with Gasteiger partial charge in [-0.25, -0.2) is 0 Å². The summed E-state index contributed by atoms with van der Waals surface area (Å²) in [5.41, 5.74) is 0.0538. The lowest BCUT2D eigenvalue weighted by atomic mass is 9.53. The fourth-order valence-electron chi connectivity index (χ4n) is 5.58. The van der Waals surface area contributed by atoms with E-state index in [-0.39, 0.29) is 11.4 Å². The van der Waals surface area contributed by atoms with Gasteiger partial charge in [0.25, 0.3) is 5.91 Å². The van der Waals surface area contributed by atoms with Crippen molar-refractivity contribution in [2.45, 2.75) is 44.1 Å². The summed E-state index contributed by atoms with van der Waals surface area (Å²) in [6, 6.07) is 0. The lowest BCUT2D eigenvalue weighted by Gasteiger charge is -2.56. The van der Waals surface area contributed by atoms with Crippen LogP contribution in [0.2, 0.25) is 0 Å². The Morgan fingerprint density at radius 2 is 1.73 bits per heavy atom. The fraction of sp³-hybridized carbons (Fsp3) is 0.706. The van der Waals surface area contributed by atoms with E-state index in [1.807, 2.05) is 5.38 Å². The average Bonchev–Trinajstić information content (AvgIpc) is 2.89. The van der Waals surface area contributed by atoms with Crippen molar-refractivity contribution in [3.05, 3.63) is 10.3 Å². The molecule has 5 aliphatic rings. The van der Waals surface area contributed by atoms with Crippen LogP contribution in [0.1, 0.15) is 48.2 Å². The molecular weight excluding hydrogens is 298 g/mol. The zero-order valence-corrected chi connectivity index (χ0v) is 13.4. The van der Waals surface area contributed by atoms with Gasteiger partial charge in [-0.15, -0.1) is 11.3 Å². The van der Waals surface area contributed by atoms with Gasteiger partial charge in [0.05, 0.1) is 0 Å². The van der Waals surface area contributed by atoms with Gasteiger partial charge in [0.1, 0.15) is 18.1 Å². The number of amides is 1. The van der Waals surface area contributed by atoms with E-state index in [0.29, 0.717) is 23.8 Å². The molecule has 4 saturated carbocycles. The van der Waals surface area contributed by atoms with Crippen molar-refractivity contribution < 1.29 is 14.3 Å². The molecule has 1 aromatic rings. The maximum Gasteiger partial charge on any atom is 0.265 e. The molecule has 0 spiro atoms. The van der Waals surface area contributed by atoms with Crippen molar-refractivity contribution in [1.29, 1.82) is 0 Å². The van der Waals surface area contributed by atoms with Gasteiger partial charge in [0.2, 0.25) is 0 Å². The predicted molar refractivity (Wildman–Crippen MR) is 83.7 cm³/mol. The second-order valence-corrected chi connectivity index (χ2v) is 8.49. The minimum absolute atomic E-state index is 0.0405. The van der Waals surface area contributed by atoms with E-state index in [1.165, 1.54) is 49.9 Å². The minimum Gasteiger partial charge on any atom is -0.485 e. The number of thiophene rings is 1. The molecule has 0 aromatic carbocycles. The number of hydrogen-bond donors (Lipinski definition) is 1. The van der Waals surface area contributed by atoms with Gasteiger partial charge in [-0.1, -0.05) is 0 Å². The Morgan fingerprint density at radius 3 is 2.41 bits per heavy atom. The molecule has 4 nitrogen and oxygen atoms in total. The molecule has 0 atom stereocenters. The van der Waals surface area contributed by atoms with Crippen molar-refractivity contribution in [3.8, 4) is 11.5 Å². The van der Waals surface area contributed by atoms with Gasteiger partial charge < -0.3 is 14.8 Å².